The quantitative estimate of drug-likeness (QED) is 0.859. The van der Waals surface area contributed by atoms with Gasteiger partial charge in [-0.25, -0.2) is 0 Å². The Morgan fingerprint density at radius 3 is 2.42 bits per heavy atom. The van der Waals surface area contributed by atoms with Crippen LogP contribution in [0.15, 0.2) is 54.6 Å². The van der Waals surface area contributed by atoms with Gasteiger partial charge in [-0.15, -0.1) is 0 Å². The molecule has 1 fully saturated rings. The average Bonchev–Trinajstić information content (AvgIpc) is 2.62. The van der Waals surface area contributed by atoms with Crippen molar-refractivity contribution >= 4 is 5.97 Å². The number of carbonyl (C=O) groups excluding carboxylic acids is 1. The van der Waals surface area contributed by atoms with E-state index in [-0.39, 0.29) is 5.56 Å². The van der Waals surface area contributed by atoms with Gasteiger partial charge in [-0.05, 0) is 42.9 Å². The number of carboxylic acid groups (broad SMARTS) is 1. The molecule has 126 valence electrons. The Morgan fingerprint density at radius 2 is 1.71 bits per heavy atom. The van der Waals surface area contributed by atoms with Gasteiger partial charge in [-0.2, -0.15) is 0 Å². The van der Waals surface area contributed by atoms with Crippen LogP contribution in [-0.4, -0.2) is 25.8 Å². The van der Waals surface area contributed by atoms with E-state index in [4.69, 9.17) is 4.74 Å². The molecule has 2 aromatic carbocycles. The van der Waals surface area contributed by atoms with Gasteiger partial charge in [0.25, 0.3) is 0 Å². The SMILES string of the molecule is O=C([O-])c1ccccc1OC[NH+]1CCC(Cc2ccccc2)CC1. The van der Waals surface area contributed by atoms with Crippen LogP contribution >= 0.6 is 0 Å². The maximum atomic E-state index is 11.1. The van der Waals surface area contributed by atoms with Crippen molar-refractivity contribution in [3.63, 3.8) is 0 Å². The fourth-order valence-corrected chi connectivity index (χ4v) is 3.32. The molecular weight excluding hydrogens is 302 g/mol. The van der Waals surface area contributed by atoms with E-state index in [1.807, 2.05) is 0 Å². The zero-order chi connectivity index (χ0) is 16.8. The minimum Gasteiger partial charge on any atom is -0.545 e. The highest BCUT2D eigenvalue weighted by Gasteiger charge is 2.22. The molecule has 24 heavy (non-hydrogen) atoms. The van der Waals surface area contributed by atoms with Crippen molar-refractivity contribution in [2.24, 2.45) is 5.92 Å². The third kappa shape index (κ3) is 4.36. The number of likely N-dealkylation sites (tertiary alicyclic amines) is 1. The number of benzene rings is 2. The monoisotopic (exact) mass is 325 g/mol. The smallest absolute Gasteiger partial charge is 0.222 e. The Hall–Kier alpha value is -2.33. The molecule has 0 radical (unpaired) electrons. The van der Waals surface area contributed by atoms with E-state index in [9.17, 15) is 9.90 Å². The highest BCUT2D eigenvalue weighted by molar-refractivity contribution is 5.89. The van der Waals surface area contributed by atoms with Crippen LogP contribution in [0.1, 0.15) is 28.8 Å². The Morgan fingerprint density at radius 1 is 1.04 bits per heavy atom. The van der Waals surface area contributed by atoms with Gasteiger partial charge in [0.1, 0.15) is 5.75 Å². The van der Waals surface area contributed by atoms with Crippen molar-refractivity contribution in [2.45, 2.75) is 19.3 Å². The third-order valence-electron chi connectivity index (χ3n) is 4.72. The number of carboxylic acids is 1. The number of hydrogen-bond donors (Lipinski definition) is 1. The second-order valence-electron chi connectivity index (χ2n) is 6.46. The number of carbonyl (C=O) groups is 1. The average molecular weight is 325 g/mol. The highest BCUT2D eigenvalue weighted by atomic mass is 16.5. The van der Waals surface area contributed by atoms with Crippen molar-refractivity contribution in [2.75, 3.05) is 19.8 Å². The third-order valence-corrected chi connectivity index (χ3v) is 4.72. The molecule has 1 saturated heterocycles. The molecule has 4 heteroatoms. The molecule has 1 N–H and O–H groups in total. The van der Waals surface area contributed by atoms with Gasteiger partial charge in [0.15, 0.2) is 0 Å². The number of quaternary nitrogens is 1. The van der Waals surface area contributed by atoms with Crippen LogP contribution in [0.5, 0.6) is 5.75 Å². The lowest BCUT2D eigenvalue weighted by atomic mass is 9.90. The zero-order valence-corrected chi connectivity index (χ0v) is 13.7. The summed E-state index contributed by atoms with van der Waals surface area (Å²) < 4.78 is 5.73. The summed E-state index contributed by atoms with van der Waals surface area (Å²) in [6, 6.07) is 17.3. The predicted octanol–water partition coefficient (Wildman–Crippen LogP) is 0.924. The first-order chi connectivity index (χ1) is 11.7. The summed E-state index contributed by atoms with van der Waals surface area (Å²) in [5.74, 6) is -0.0646. The fourth-order valence-electron chi connectivity index (χ4n) is 3.32. The second kappa shape index (κ2) is 7.97. The van der Waals surface area contributed by atoms with Gasteiger partial charge in [-0.3, -0.25) is 0 Å². The molecule has 0 amide bonds. The van der Waals surface area contributed by atoms with Crippen molar-refractivity contribution in [3.8, 4) is 5.75 Å². The maximum absolute atomic E-state index is 11.1. The first-order valence-corrected chi connectivity index (χ1v) is 8.53. The molecule has 0 aliphatic carbocycles. The van der Waals surface area contributed by atoms with Gasteiger partial charge in [0.2, 0.25) is 6.73 Å². The minimum atomic E-state index is -1.19. The molecule has 2 aromatic rings. The van der Waals surface area contributed by atoms with Gasteiger partial charge in [0, 0.05) is 5.56 Å². The van der Waals surface area contributed by atoms with E-state index >= 15 is 0 Å². The van der Waals surface area contributed by atoms with Crippen LogP contribution in [-0.2, 0) is 6.42 Å². The summed E-state index contributed by atoms with van der Waals surface area (Å²) in [7, 11) is 0. The van der Waals surface area contributed by atoms with Crippen molar-refractivity contribution in [1.82, 2.24) is 0 Å². The molecule has 0 atom stereocenters. The highest BCUT2D eigenvalue weighted by Crippen LogP contribution is 2.18. The Labute approximate surface area is 142 Å². The Kier molecular flexibility index (Phi) is 5.49. The lowest BCUT2D eigenvalue weighted by Crippen LogP contribution is -3.13. The number of hydrogen-bond acceptors (Lipinski definition) is 3. The van der Waals surface area contributed by atoms with Crippen LogP contribution in [0.4, 0.5) is 0 Å². The first kappa shape index (κ1) is 16.5. The van der Waals surface area contributed by atoms with E-state index in [0.29, 0.717) is 12.5 Å². The van der Waals surface area contributed by atoms with Gasteiger partial charge >= 0.3 is 0 Å². The summed E-state index contributed by atoms with van der Waals surface area (Å²) in [4.78, 5) is 12.5. The molecule has 4 nitrogen and oxygen atoms in total. The lowest BCUT2D eigenvalue weighted by molar-refractivity contribution is -0.921. The molecule has 1 aliphatic rings. The molecule has 0 bridgehead atoms. The van der Waals surface area contributed by atoms with Crippen LogP contribution in [0.2, 0.25) is 0 Å². The molecule has 1 aliphatic heterocycles. The Balaban J connectivity index is 1.47. The topological polar surface area (TPSA) is 53.8 Å². The van der Waals surface area contributed by atoms with Crippen LogP contribution in [0.3, 0.4) is 0 Å². The van der Waals surface area contributed by atoms with Crippen LogP contribution < -0.4 is 14.7 Å². The van der Waals surface area contributed by atoms with E-state index < -0.39 is 5.97 Å². The maximum Gasteiger partial charge on any atom is 0.222 e. The second-order valence-corrected chi connectivity index (χ2v) is 6.46. The molecule has 1 heterocycles. The number of rotatable bonds is 6. The molecule has 0 unspecified atom stereocenters. The van der Waals surface area contributed by atoms with Crippen molar-refractivity contribution in [1.29, 1.82) is 0 Å². The Bertz CT molecular complexity index is 664. The molecule has 0 saturated carbocycles. The standard InChI is InChI=1S/C20H23NO3/c22-20(23)18-8-4-5-9-19(18)24-15-21-12-10-17(11-13-21)14-16-6-2-1-3-7-16/h1-9,17H,10-15H2,(H,22,23). The first-order valence-electron chi connectivity index (χ1n) is 8.53. The van der Waals surface area contributed by atoms with Gasteiger partial charge in [0.05, 0.1) is 19.1 Å². The predicted molar refractivity (Wildman–Crippen MR) is 89.8 cm³/mol. The number of para-hydroxylation sites is 1. The van der Waals surface area contributed by atoms with Gasteiger partial charge in [-0.1, -0.05) is 42.5 Å². The summed E-state index contributed by atoms with van der Waals surface area (Å²) in [5, 5.41) is 11.1. The number of nitrogens with one attached hydrogen (secondary N) is 1. The van der Waals surface area contributed by atoms with E-state index in [2.05, 4.69) is 30.3 Å². The van der Waals surface area contributed by atoms with E-state index in [0.717, 1.165) is 25.4 Å². The normalized spacial score (nSPS) is 20.5. The van der Waals surface area contributed by atoms with Crippen molar-refractivity contribution in [3.05, 3.63) is 65.7 Å². The van der Waals surface area contributed by atoms with Gasteiger partial charge < -0.3 is 19.5 Å². The number of aromatic carboxylic acids is 1. The van der Waals surface area contributed by atoms with E-state index in [1.54, 1.807) is 18.2 Å². The fraction of sp³-hybridized carbons (Fsp3) is 0.350. The molecule has 3 rings (SSSR count). The van der Waals surface area contributed by atoms with E-state index in [1.165, 1.54) is 29.4 Å². The number of ether oxygens (including phenoxy) is 1. The van der Waals surface area contributed by atoms with Crippen LogP contribution in [0.25, 0.3) is 0 Å². The minimum absolute atomic E-state index is 0.121. The molecular formula is C20H23NO3. The lowest BCUT2D eigenvalue weighted by Gasteiger charge is -2.29. The van der Waals surface area contributed by atoms with Crippen LogP contribution in [0, 0.1) is 5.92 Å². The molecule has 0 aromatic heterocycles. The van der Waals surface area contributed by atoms with Crippen molar-refractivity contribution < 1.29 is 19.5 Å². The molecule has 0 spiro atoms. The number of piperidine rings is 1. The summed E-state index contributed by atoms with van der Waals surface area (Å²) in [5.41, 5.74) is 1.53. The zero-order valence-electron chi connectivity index (χ0n) is 13.7. The largest absolute Gasteiger partial charge is 0.545 e. The summed E-state index contributed by atoms with van der Waals surface area (Å²) >= 11 is 0. The summed E-state index contributed by atoms with van der Waals surface area (Å²) in [6.07, 6.45) is 3.49. The summed E-state index contributed by atoms with van der Waals surface area (Å²) in [6.45, 7) is 2.62.